The number of hydrogen-bond donors (Lipinski definition) is 3. The molecule has 38 heavy (non-hydrogen) atoms. The van der Waals surface area contributed by atoms with Crippen LogP contribution in [0.4, 0.5) is 0 Å². The van der Waals surface area contributed by atoms with E-state index in [0.29, 0.717) is 25.9 Å². The molecule has 1 aliphatic heterocycles. The lowest BCUT2D eigenvalue weighted by Crippen LogP contribution is -2.56. The van der Waals surface area contributed by atoms with Crippen molar-refractivity contribution in [3.05, 3.63) is 65.7 Å². The molecule has 0 saturated heterocycles. The number of nitrogens with zero attached hydrogens (tertiary/aromatic N) is 1. The van der Waals surface area contributed by atoms with Gasteiger partial charge in [-0.15, -0.1) is 0 Å². The van der Waals surface area contributed by atoms with Crippen molar-refractivity contribution in [2.75, 3.05) is 20.1 Å². The van der Waals surface area contributed by atoms with E-state index in [9.17, 15) is 14.4 Å². The zero-order chi connectivity index (χ0) is 27.5. The SMILES string of the molecule is CCC[C@@H]1NC[C@@H](C)Oc2ccccc2CCCNC(=O)C(Cc2ccccc2)NC(=O)[C@@H](C)N(C)C1=O. The van der Waals surface area contributed by atoms with E-state index in [2.05, 4.69) is 16.0 Å². The summed E-state index contributed by atoms with van der Waals surface area (Å²) in [5.74, 6) is 0.0481. The minimum atomic E-state index is -0.754. The van der Waals surface area contributed by atoms with Crippen LogP contribution in [0.1, 0.15) is 51.2 Å². The van der Waals surface area contributed by atoms with E-state index in [1.807, 2.05) is 68.4 Å². The molecule has 0 radical (unpaired) electrons. The molecule has 0 saturated carbocycles. The van der Waals surface area contributed by atoms with Gasteiger partial charge in [0.25, 0.3) is 0 Å². The molecule has 3 amide bonds. The van der Waals surface area contributed by atoms with Crippen LogP contribution in [-0.4, -0.2) is 67.0 Å². The fourth-order valence-electron chi connectivity index (χ4n) is 4.57. The Bertz CT molecular complexity index is 1060. The lowest BCUT2D eigenvalue weighted by molar-refractivity contribution is -0.141. The number of nitrogens with one attached hydrogen (secondary N) is 3. The van der Waals surface area contributed by atoms with E-state index >= 15 is 0 Å². The quantitative estimate of drug-likeness (QED) is 0.574. The van der Waals surface area contributed by atoms with Gasteiger partial charge in [-0.1, -0.05) is 61.9 Å². The lowest BCUT2D eigenvalue weighted by Gasteiger charge is -2.30. The van der Waals surface area contributed by atoms with Gasteiger partial charge in [0.1, 0.15) is 23.9 Å². The predicted octanol–water partition coefficient (Wildman–Crippen LogP) is 2.85. The number of rotatable bonds is 4. The Balaban J connectivity index is 1.85. The molecule has 4 atom stereocenters. The highest BCUT2D eigenvalue weighted by atomic mass is 16.5. The molecule has 1 unspecified atom stereocenters. The molecule has 2 aromatic rings. The van der Waals surface area contributed by atoms with Crippen molar-refractivity contribution in [2.45, 2.75) is 77.1 Å². The molecule has 8 nitrogen and oxygen atoms in total. The third-order valence-corrected chi connectivity index (χ3v) is 6.97. The molecule has 2 aromatic carbocycles. The smallest absolute Gasteiger partial charge is 0.243 e. The number of carbonyl (C=O) groups is 3. The van der Waals surface area contributed by atoms with Crippen LogP contribution in [0.2, 0.25) is 0 Å². The van der Waals surface area contributed by atoms with Crippen LogP contribution in [0.3, 0.4) is 0 Å². The number of hydrogen-bond acceptors (Lipinski definition) is 5. The summed E-state index contributed by atoms with van der Waals surface area (Å²) < 4.78 is 6.23. The number of fused-ring (bicyclic) bond motifs is 1. The predicted molar refractivity (Wildman–Crippen MR) is 149 cm³/mol. The summed E-state index contributed by atoms with van der Waals surface area (Å²) in [6, 6.07) is 15.6. The second-order valence-corrected chi connectivity index (χ2v) is 10.1. The lowest BCUT2D eigenvalue weighted by atomic mass is 10.0. The van der Waals surface area contributed by atoms with Gasteiger partial charge < -0.3 is 25.6 Å². The van der Waals surface area contributed by atoms with E-state index in [-0.39, 0.29) is 23.8 Å². The molecule has 0 bridgehead atoms. The number of benzene rings is 2. The monoisotopic (exact) mass is 522 g/mol. The topological polar surface area (TPSA) is 99.8 Å². The zero-order valence-corrected chi connectivity index (χ0v) is 23.0. The first-order chi connectivity index (χ1) is 18.3. The van der Waals surface area contributed by atoms with E-state index < -0.39 is 18.1 Å². The summed E-state index contributed by atoms with van der Waals surface area (Å²) in [4.78, 5) is 41.3. The average molecular weight is 523 g/mol. The van der Waals surface area contributed by atoms with Gasteiger partial charge in [-0.05, 0) is 50.3 Å². The first-order valence-electron chi connectivity index (χ1n) is 13.7. The Hall–Kier alpha value is -3.39. The van der Waals surface area contributed by atoms with Gasteiger partial charge in [0.2, 0.25) is 17.7 Å². The van der Waals surface area contributed by atoms with Gasteiger partial charge in [-0.3, -0.25) is 14.4 Å². The van der Waals surface area contributed by atoms with Crippen molar-refractivity contribution in [3.8, 4) is 5.75 Å². The van der Waals surface area contributed by atoms with E-state index in [1.54, 1.807) is 14.0 Å². The molecule has 1 aliphatic rings. The van der Waals surface area contributed by atoms with Crippen molar-refractivity contribution in [3.63, 3.8) is 0 Å². The molecular formula is C30H42N4O4. The number of carbonyl (C=O) groups excluding carboxylic acids is 3. The molecule has 3 N–H and O–H groups in total. The third kappa shape index (κ3) is 8.31. The first kappa shape index (κ1) is 29.2. The van der Waals surface area contributed by atoms with Gasteiger partial charge in [0.15, 0.2) is 0 Å². The van der Waals surface area contributed by atoms with E-state index in [0.717, 1.165) is 36.1 Å². The summed E-state index contributed by atoms with van der Waals surface area (Å²) >= 11 is 0. The molecule has 206 valence electrons. The Labute approximate surface area is 226 Å². The van der Waals surface area contributed by atoms with Crippen molar-refractivity contribution in [1.82, 2.24) is 20.9 Å². The maximum absolute atomic E-state index is 13.4. The van der Waals surface area contributed by atoms with E-state index in [1.165, 1.54) is 4.90 Å². The summed E-state index contributed by atoms with van der Waals surface area (Å²) in [6.45, 7) is 6.66. The highest BCUT2D eigenvalue weighted by molar-refractivity contribution is 5.92. The zero-order valence-electron chi connectivity index (χ0n) is 23.0. The van der Waals surface area contributed by atoms with Crippen LogP contribution in [-0.2, 0) is 27.2 Å². The number of likely N-dealkylation sites (N-methyl/N-ethyl adjacent to an activating group) is 1. The van der Waals surface area contributed by atoms with Crippen LogP contribution in [0.5, 0.6) is 5.75 Å². The van der Waals surface area contributed by atoms with Crippen LogP contribution in [0.15, 0.2) is 54.6 Å². The maximum atomic E-state index is 13.4. The van der Waals surface area contributed by atoms with Gasteiger partial charge in [-0.2, -0.15) is 0 Å². The van der Waals surface area contributed by atoms with Gasteiger partial charge >= 0.3 is 0 Å². The van der Waals surface area contributed by atoms with Crippen LogP contribution < -0.4 is 20.7 Å². The van der Waals surface area contributed by atoms with Crippen LogP contribution in [0, 0.1) is 0 Å². The fraction of sp³-hybridized carbons (Fsp3) is 0.500. The molecule has 0 aliphatic carbocycles. The maximum Gasteiger partial charge on any atom is 0.243 e. The highest BCUT2D eigenvalue weighted by Gasteiger charge is 2.31. The summed E-state index contributed by atoms with van der Waals surface area (Å²) in [5, 5.41) is 9.25. The molecular weight excluding hydrogens is 480 g/mol. The highest BCUT2D eigenvalue weighted by Crippen LogP contribution is 2.21. The minimum absolute atomic E-state index is 0.160. The number of amides is 3. The summed E-state index contributed by atoms with van der Waals surface area (Å²) in [6.07, 6.45) is 3.13. The number of para-hydroxylation sites is 1. The molecule has 3 rings (SSSR count). The molecule has 0 fully saturated rings. The second kappa shape index (κ2) is 14.5. The third-order valence-electron chi connectivity index (χ3n) is 6.97. The van der Waals surface area contributed by atoms with Gasteiger partial charge in [0.05, 0.1) is 6.04 Å². The Morgan fingerprint density at radius 2 is 1.66 bits per heavy atom. The number of ether oxygens (including phenoxy) is 1. The Morgan fingerprint density at radius 3 is 2.39 bits per heavy atom. The van der Waals surface area contributed by atoms with Crippen molar-refractivity contribution in [2.24, 2.45) is 0 Å². The number of aryl methyl sites for hydroxylation is 1. The van der Waals surface area contributed by atoms with E-state index in [4.69, 9.17) is 4.74 Å². The summed E-state index contributed by atoms with van der Waals surface area (Å²) in [7, 11) is 1.64. The Morgan fingerprint density at radius 1 is 0.947 bits per heavy atom. The van der Waals surface area contributed by atoms with Crippen LogP contribution in [0.25, 0.3) is 0 Å². The van der Waals surface area contributed by atoms with Crippen molar-refractivity contribution in [1.29, 1.82) is 0 Å². The van der Waals surface area contributed by atoms with Gasteiger partial charge in [0, 0.05) is 26.6 Å². The molecule has 1 heterocycles. The molecule has 0 aromatic heterocycles. The molecule has 0 spiro atoms. The van der Waals surface area contributed by atoms with Crippen molar-refractivity contribution < 1.29 is 19.1 Å². The largest absolute Gasteiger partial charge is 0.489 e. The first-order valence-corrected chi connectivity index (χ1v) is 13.7. The fourth-order valence-corrected chi connectivity index (χ4v) is 4.57. The summed E-state index contributed by atoms with van der Waals surface area (Å²) in [5.41, 5.74) is 2.01. The normalized spacial score (nSPS) is 24.3. The second-order valence-electron chi connectivity index (χ2n) is 10.1. The standard InChI is InChI=1S/C30H42N4O4/c1-5-12-25-30(37)34(4)22(3)28(35)33-26(19-23-13-7-6-8-14-23)29(36)31-18-11-16-24-15-9-10-17-27(24)38-21(2)20-32-25/h6-10,13-15,17,21-22,25-26,32H,5,11-12,16,18-20H2,1-4H3,(H,31,36)(H,33,35)/t21-,22-,25+,26?/m1/s1. The Kier molecular flexibility index (Phi) is 11.1. The molecule has 8 heteroatoms. The van der Waals surface area contributed by atoms with Gasteiger partial charge in [-0.25, -0.2) is 0 Å². The average Bonchev–Trinajstić information content (AvgIpc) is 2.92. The van der Waals surface area contributed by atoms with Crippen molar-refractivity contribution >= 4 is 17.7 Å². The van der Waals surface area contributed by atoms with Crippen LogP contribution >= 0.6 is 0 Å². The minimum Gasteiger partial charge on any atom is -0.489 e.